The summed E-state index contributed by atoms with van der Waals surface area (Å²) in [7, 11) is 1.81. The van der Waals surface area contributed by atoms with E-state index in [-0.39, 0.29) is 24.1 Å². The summed E-state index contributed by atoms with van der Waals surface area (Å²) in [6.07, 6.45) is 7.05. The van der Waals surface area contributed by atoms with Crippen molar-refractivity contribution in [1.29, 1.82) is 0 Å². The van der Waals surface area contributed by atoms with Crippen molar-refractivity contribution in [3.8, 4) is 0 Å². The Morgan fingerprint density at radius 2 is 1.74 bits per heavy atom. The average molecular weight is 470 g/mol. The predicted octanol–water partition coefficient (Wildman–Crippen LogP) is 2.71. The number of carbonyl (C=O) groups is 3. The highest BCUT2D eigenvalue weighted by Crippen LogP contribution is 2.36. The Hall–Kier alpha value is -2.97. The fourth-order valence-corrected chi connectivity index (χ4v) is 5.92. The van der Waals surface area contributed by atoms with Crippen molar-refractivity contribution in [1.82, 2.24) is 20.0 Å². The van der Waals surface area contributed by atoms with Gasteiger partial charge >= 0.3 is 0 Å². The largest absolute Gasteiger partial charge is 0.369 e. The zero-order valence-corrected chi connectivity index (χ0v) is 19.6. The highest BCUT2D eigenvalue weighted by Gasteiger charge is 2.32. The Morgan fingerprint density at radius 3 is 2.38 bits per heavy atom. The number of imide groups is 1. The molecule has 182 valence electrons. The van der Waals surface area contributed by atoms with Gasteiger partial charge in [-0.3, -0.25) is 24.4 Å². The van der Waals surface area contributed by atoms with Gasteiger partial charge in [-0.2, -0.15) is 5.10 Å². The fraction of sp³-hybridized carbons (Fsp3) is 0.600. The van der Waals surface area contributed by atoms with Gasteiger partial charge in [-0.1, -0.05) is 0 Å². The van der Waals surface area contributed by atoms with E-state index >= 15 is 4.39 Å². The van der Waals surface area contributed by atoms with E-state index in [1.165, 1.54) is 12.5 Å². The van der Waals surface area contributed by atoms with E-state index in [4.69, 9.17) is 0 Å². The van der Waals surface area contributed by atoms with E-state index in [9.17, 15) is 14.4 Å². The highest BCUT2D eigenvalue weighted by atomic mass is 19.1. The highest BCUT2D eigenvalue weighted by molar-refractivity contribution is 6.02. The van der Waals surface area contributed by atoms with Gasteiger partial charge in [0.1, 0.15) is 5.82 Å². The Balaban J connectivity index is 1.27. The first kappa shape index (κ1) is 22.8. The van der Waals surface area contributed by atoms with Crippen molar-refractivity contribution in [3.05, 3.63) is 23.6 Å². The summed E-state index contributed by atoms with van der Waals surface area (Å²) in [4.78, 5) is 38.8. The minimum Gasteiger partial charge on any atom is -0.369 e. The predicted molar refractivity (Wildman–Crippen MR) is 126 cm³/mol. The van der Waals surface area contributed by atoms with Crippen molar-refractivity contribution in [2.24, 2.45) is 18.9 Å². The number of nitrogens with one attached hydrogen (secondary N) is 1. The Bertz CT molecular complexity index is 1100. The molecule has 0 bridgehead atoms. The molecule has 1 unspecified atom stereocenters. The molecule has 3 saturated heterocycles. The zero-order chi connectivity index (χ0) is 23.8. The van der Waals surface area contributed by atoms with Gasteiger partial charge in [-0.05, 0) is 62.5 Å². The molecule has 4 heterocycles. The molecule has 1 N–H and O–H groups in total. The van der Waals surface area contributed by atoms with Crippen molar-refractivity contribution < 1.29 is 18.8 Å². The third-order valence-corrected chi connectivity index (χ3v) is 7.94. The zero-order valence-electron chi connectivity index (χ0n) is 19.6. The van der Waals surface area contributed by atoms with Crippen LogP contribution in [-0.4, -0.2) is 59.1 Å². The molecule has 8 nitrogen and oxygen atoms in total. The van der Waals surface area contributed by atoms with Crippen molar-refractivity contribution in [2.75, 3.05) is 31.1 Å². The van der Waals surface area contributed by atoms with Gasteiger partial charge in [-0.15, -0.1) is 0 Å². The van der Waals surface area contributed by atoms with E-state index in [0.717, 1.165) is 63.8 Å². The van der Waals surface area contributed by atoms with Gasteiger partial charge in [-0.25, -0.2) is 4.39 Å². The quantitative estimate of drug-likeness (QED) is 0.538. The molecule has 0 spiro atoms. The summed E-state index contributed by atoms with van der Waals surface area (Å²) in [6, 6.07) is 3.35. The Morgan fingerprint density at radius 1 is 1.06 bits per heavy atom. The summed E-state index contributed by atoms with van der Waals surface area (Å²) < 4.78 is 17.0. The average Bonchev–Trinajstić information content (AvgIpc) is 3.14. The molecule has 0 aliphatic carbocycles. The molecule has 3 fully saturated rings. The minimum atomic E-state index is -0.541. The number of aromatic nitrogens is 2. The molecule has 0 saturated carbocycles. The lowest BCUT2D eigenvalue weighted by Crippen LogP contribution is -2.39. The number of hydrogen-bond acceptors (Lipinski definition) is 5. The number of likely N-dealkylation sites (tertiary alicyclic amines) is 1. The van der Waals surface area contributed by atoms with Crippen LogP contribution in [0, 0.1) is 17.7 Å². The van der Waals surface area contributed by atoms with Crippen LogP contribution in [0.15, 0.2) is 12.1 Å². The third kappa shape index (κ3) is 4.40. The van der Waals surface area contributed by atoms with Crippen LogP contribution in [0.4, 0.5) is 10.1 Å². The van der Waals surface area contributed by atoms with Crippen molar-refractivity contribution >= 4 is 34.8 Å². The van der Waals surface area contributed by atoms with E-state index in [2.05, 4.69) is 15.3 Å². The molecule has 0 radical (unpaired) electrons. The first-order chi connectivity index (χ1) is 16.4. The number of benzene rings is 1. The van der Waals surface area contributed by atoms with E-state index < -0.39 is 5.92 Å². The number of amides is 3. The van der Waals surface area contributed by atoms with Gasteiger partial charge < -0.3 is 9.80 Å². The molecule has 2 aromatic rings. The smallest absolute Gasteiger partial charge is 0.235 e. The number of fused-ring (bicyclic) bond motifs is 1. The van der Waals surface area contributed by atoms with Crippen LogP contribution in [0.25, 0.3) is 10.9 Å². The van der Waals surface area contributed by atoms with Crippen LogP contribution in [0.3, 0.4) is 0 Å². The lowest BCUT2D eigenvalue weighted by Gasteiger charge is -2.37. The van der Waals surface area contributed by atoms with Crippen LogP contribution in [0.2, 0.25) is 0 Å². The normalized spacial score (nSPS) is 22.9. The maximum absolute atomic E-state index is 15.3. The number of hydrogen-bond donors (Lipinski definition) is 1. The molecule has 1 atom stereocenters. The molecule has 1 aromatic heterocycles. The summed E-state index contributed by atoms with van der Waals surface area (Å²) >= 11 is 0. The third-order valence-electron chi connectivity index (χ3n) is 7.94. The number of rotatable bonds is 5. The number of piperidine rings is 3. The standard InChI is InChI=1S/C25H32FN5O3/c1-29-21-14-22(20(26)13-19(21)24(28-29)18-2-3-23(33)27-25(18)34)31-10-6-17(7-11-31)12-16-4-8-30(15-32)9-5-16/h13-18H,2-12H2,1H3,(H,27,33,34). The topological polar surface area (TPSA) is 87.5 Å². The number of halogens is 1. The summed E-state index contributed by atoms with van der Waals surface area (Å²) in [5, 5.41) is 7.54. The molecule has 3 amide bonds. The van der Waals surface area contributed by atoms with E-state index in [1.54, 1.807) is 4.68 Å². The molecular weight excluding hydrogens is 437 g/mol. The van der Waals surface area contributed by atoms with Crippen LogP contribution in [0.5, 0.6) is 0 Å². The molecule has 1 aromatic carbocycles. The van der Waals surface area contributed by atoms with Crippen LogP contribution in [0.1, 0.15) is 56.6 Å². The number of carbonyl (C=O) groups excluding carboxylic acids is 3. The second kappa shape index (κ2) is 9.35. The molecule has 5 rings (SSSR count). The second-order valence-corrected chi connectivity index (χ2v) is 10.1. The maximum Gasteiger partial charge on any atom is 0.235 e. The van der Waals surface area contributed by atoms with Crippen LogP contribution >= 0.6 is 0 Å². The second-order valence-electron chi connectivity index (χ2n) is 10.1. The summed E-state index contributed by atoms with van der Waals surface area (Å²) in [6.45, 7) is 3.36. The number of nitrogens with zero attached hydrogens (tertiary/aromatic N) is 4. The van der Waals surface area contributed by atoms with Gasteiger partial charge in [0.05, 0.1) is 22.8 Å². The SMILES string of the molecule is Cn1nc(C2CCC(=O)NC2=O)c2cc(F)c(N3CCC(CC4CCN(C=O)CC4)CC3)cc21. The molecule has 3 aliphatic rings. The van der Waals surface area contributed by atoms with Crippen LogP contribution in [-0.2, 0) is 21.4 Å². The van der Waals surface area contributed by atoms with Crippen molar-refractivity contribution in [2.45, 2.75) is 50.9 Å². The molecule has 3 aliphatic heterocycles. The van der Waals surface area contributed by atoms with Crippen LogP contribution < -0.4 is 10.2 Å². The summed E-state index contributed by atoms with van der Waals surface area (Å²) in [5.41, 5.74) is 1.91. The van der Waals surface area contributed by atoms with Gasteiger partial charge in [0.25, 0.3) is 0 Å². The lowest BCUT2D eigenvalue weighted by molar-refractivity contribution is -0.134. The Labute approximate surface area is 198 Å². The van der Waals surface area contributed by atoms with E-state index in [1.807, 2.05) is 18.0 Å². The molecule has 9 heteroatoms. The fourth-order valence-electron chi connectivity index (χ4n) is 5.92. The Kier molecular flexibility index (Phi) is 6.27. The minimum absolute atomic E-state index is 0.264. The number of anilines is 1. The van der Waals surface area contributed by atoms with Gasteiger partial charge in [0.2, 0.25) is 18.2 Å². The van der Waals surface area contributed by atoms with Gasteiger partial charge in [0, 0.05) is 45.0 Å². The van der Waals surface area contributed by atoms with Gasteiger partial charge in [0.15, 0.2) is 0 Å². The monoisotopic (exact) mass is 469 g/mol. The first-order valence-electron chi connectivity index (χ1n) is 12.4. The van der Waals surface area contributed by atoms with Crippen molar-refractivity contribution in [3.63, 3.8) is 0 Å². The number of aryl methyl sites for hydroxylation is 1. The lowest BCUT2D eigenvalue weighted by atomic mass is 9.83. The molecule has 34 heavy (non-hydrogen) atoms. The molecular formula is C25H32FN5O3. The maximum atomic E-state index is 15.3. The first-order valence-corrected chi connectivity index (χ1v) is 12.4. The summed E-state index contributed by atoms with van der Waals surface area (Å²) in [5.74, 6) is -0.147. The van der Waals surface area contributed by atoms with E-state index in [0.29, 0.717) is 35.0 Å².